The fraction of sp³-hybridized carbons (Fsp3) is 0.600. The Morgan fingerprint density at radius 1 is 1.11 bits per heavy atom. The largest absolute Gasteiger partial charge is 0.395 e. The molecule has 2 rings (SSSR count). The summed E-state index contributed by atoms with van der Waals surface area (Å²) in [5, 5.41) is 21.4. The Labute approximate surface area is 109 Å². The lowest BCUT2D eigenvalue weighted by molar-refractivity contribution is 0.163. The smallest absolute Gasteiger partial charge is 0.0607 e. The van der Waals surface area contributed by atoms with Gasteiger partial charge in [-0.15, -0.1) is 0 Å². The van der Waals surface area contributed by atoms with Crippen molar-refractivity contribution < 1.29 is 10.2 Å². The Balaban J connectivity index is 2.08. The molecule has 3 N–H and O–H groups in total. The van der Waals surface area contributed by atoms with E-state index in [2.05, 4.69) is 30.4 Å². The number of aryl methyl sites for hydroxylation is 2. The summed E-state index contributed by atoms with van der Waals surface area (Å²) in [4.78, 5) is 0. The zero-order valence-electron chi connectivity index (χ0n) is 11.0. The quantitative estimate of drug-likeness (QED) is 0.742. The van der Waals surface area contributed by atoms with Gasteiger partial charge in [0.05, 0.1) is 19.3 Å². The van der Waals surface area contributed by atoms with E-state index in [1.165, 1.54) is 42.4 Å². The first-order valence-corrected chi connectivity index (χ1v) is 6.84. The van der Waals surface area contributed by atoms with Gasteiger partial charge in [-0.1, -0.05) is 18.2 Å². The Bertz CT molecular complexity index is 388. The van der Waals surface area contributed by atoms with Crippen LogP contribution in [-0.4, -0.2) is 29.5 Å². The van der Waals surface area contributed by atoms with Crippen molar-refractivity contribution in [3.05, 3.63) is 34.9 Å². The van der Waals surface area contributed by atoms with Crippen molar-refractivity contribution in [2.45, 2.75) is 44.7 Å². The summed E-state index contributed by atoms with van der Waals surface area (Å²) in [6, 6.07) is 6.58. The van der Waals surface area contributed by atoms with Crippen LogP contribution in [0.4, 0.5) is 0 Å². The highest BCUT2D eigenvalue weighted by Crippen LogP contribution is 2.24. The van der Waals surface area contributed by atoms with Crippen molar-refractivity contribution in [2.75, 3.05) is 13.2 Å². The molecule has 0 aromatic heterocycles. The molecule has 3 heteroatoms. The number of benzene rings is 1. The monoisotopic (exact) mass is 249 g/mol. The van der Waals surface area contributed by atoms with Crippen LogP contribution < -0.4 is 5.32 Å². The molecule has 0 spiro atoms. The van der Waals surface area contributed by atoms with Gasteiger partial charge in [-0.05, 0) is 49.3 Å². The van der Waals surface area contributed by atoms with E-state index in [0.29, 0.717) is 0 Å². The zero-order valence-corrected chi connectivity index (χ0v) is 11.0. The van der Waals surface area contributed by atoms with Crippen LogP contribution in [0.3, 0.4) is 0 Å². The van der Waals surface area contributed by atoms with Crippen LogP contribution in [0.2, 0.25) is 0 Å². The molecule has 3 nitrogen and oxygen atoms in total. The third-order valence-corrected chi connectivity index (χ3v) is 3.80. The van der Waals surface area contributed by atoms with Crippen LogP contribution in [-0.2, 0) is 12.8 Å². The molecule has 0 aliphatic heterocycles. The predicted octanol–water partition coefficient (Wildman–Crippen LogP) is 1.57. The predicted molar refractivity (Wildman–Crippen MR) is 72.6 cm³/mol. The second-order valence-electron chi connectivity index (χ2n) is 5.19. The van der Waals surface area contributed by atoms with E-state index in [9.17, 15) is 0 Å². The maximum atomic E-state index is 9.09. The van der Waals surface area contributed by atoms with Crippen molar-refractivity contribution in [3.8, 4) is 0 Å². The van der Waals surface area contributed by atoms with Gasteiger partial charge in [0.25, 0.3) is 0 Å². The highest BCUT2D eigenvalue weighted by atomic mass is 16.3. The summed E-state index contributed by atoms with van der Waals surface area (Å²) in [6.45, 7) is 2.00. The van der Waals surface area contributed by atoms with Gasteiger partial charge in [0.1, 0.15) is 0 Å². The van der Waals surface area contributed by atoms with E-state index in [1.54, 1.807) is 0 Å². The van der Waals surface area contributed by atoms with Gasteiger partial charge in [-0.25, -0.2) is 0 Å². The van der Waals surface area contributed by atoms with Gasteiger partial charge in [-0.2, -0.15) is 0 Å². The lowest BCUT2D eigenvalue weighted by Crippen LogP contribution is -2.37. The number of rotatable bonds is 5. The highest BCUT2D eigenvalue weighted by Gasteiger charge is 2.14. The lowest BCUT2D eigenvalue weighted by Gasteiger charge is -2.23. The zero-order chi connectivity index (χ0) is 13.0. The molecule has 0 heterocycles. The molecule has 0 saturated carbocycles. The van der Waals surface area contributed by atoms with Gasteiger partial charge in [0.2, 0.25) is 0 Å². The Morgan fingerprint density at radius 3 is 2.44 bits per heavy atom. The SMILES string of the molecule is CC(NC(CO)CO)c1ccc2c(c1)CCCC2. The molecule has 1 aromatic carbocycles. The van der Waals surface area contributed by atoms with Crippen LogP contribution in [0, 0.1) is 0 Å². The first kappa shape index (κ1) is 13.5. The molecule has 1 aromatic rings. The minimum atomic E-state index is -0.240. The second kappa shape index (κ2) is 6.32. The number of fused-ring (bicyclic) bond motifs is 1. The third kappa shape index (κ3) is 3.10. The second-order valence-corrected chi connectivity index (χ2v) is 5.19. The molecule has 1 atom stereocenters. The van der Waals surface area contributed by atoms with Crippen molar-refractivity contribution in [1.82, 2.24) is 5.32 Å². The van der Waals surface area contributed by atoms with Crippen molar-refractivity contribution in [3.63, 3.8) is 0 Å². The minimum absolute atomic E-state index is 0.0359. The Kier molecular flexibility index (Phi) is 4.75. The molecule has 0 bridgehead atoms. The van der Waals surface area contributed by atoms with Crippen LogP contribution in [0.5, 0.6) is 0 Å². The molecule has 0 radical (unpaired) electrons. The maximum absolute atomic E-state index is 9.09. The van der Waals surface area contributed by atoms with Gasteiger partial charge >= 0.3 is 0 Å². The highest BCUT2D eigenvalue weighted by molar-refractivity contribution is 5.35. The molecule has 1 unspecified atom stereocenters. The van der Waals surface area contributed by atoms with E-state index in [0.717, 1.165) is 0 Å². The lowest BCUT2D eigenvalue weighted by atomic mass is 9.89. The first-order valence-electron chi connectivity index (χ1n) is 6.84. The van der Waals surface area contributed by atoms with Crippen LogP contribution in [0.15, 0.2) is 18.2 Å². The van der Waals surface area contributed by atoms with Gasteiger partial charge in [0.15, 0.2) is 0 Å². The van der Waals surface area contributed by atoms with Crippen LogP contribution in [0.1, 0.15) is 42.5 Å². The molecule has 0 saturated heterocycles. The van der Waals surface area contributed by atoms with Crippen molar-refractivity contribution in [1.29, 1.82) is 0 Å². The normalized spacial score (nSPS) is 16.7. The van der Waals surface area contributed by atoms with E-state index in [1.807, 2.05) is 0 Å². The molecule has 100 valence electrons. The number of hydrogen-bond acceptors (Lipinski definition) is 3. The number of nitrogens with one attached hydrogen (secondary N) is 1. The molecular weight excluding hydrogens is 226 g/mol. The van der Waals surface area contributed by atoms with Gasteiger partial charge in [0, 0.05) is 6.04 Å². The van der Waals surface area contributed by atoms with Crippen molar-refractivity contribution in [2.24, 2.45) is 0 Å². The first-order chi connectivity index (χ1) is 8.74. The standard InChI is InChI=1S/C15H23NO2/c1-11(16-15(9-17)10-18)13-7-6-12-4-2-3-5-14(12)8-13/h6-8,11,15-18H,2-5,9-10H2,1H3. The fourth-order valence-electron chi connectivity index (χ4n) is 2.64. The minimum Gasteiger partial charge on any atom is -0.395 e. The molecule has 18 heavy (non-hydrogen) atoms. The average molecular weight is 249 g/mol. The van der Waals surface area contributed by atoms with Gasteiger partial charge in [-0.3, -0.25) is 0 Å². The summed E-state index contributed by atoms with van der Waals surface area (Å²) < 4.78 is 0. The summed E-state index contributed by atoms with van der Waals surface area (Å²) in [6.07, 6.45) is 4.97. The number of hydrogen-bond donors (Lipinski definition) is 3. The summed E-state index contributed by atoms with van der Waals surface area (Å²) in [7, 11) is 0. The maximum Gasteiger partial charge on any atom is 0.0607 e. The molecule has 1 aliphatic rings. The van der Waals surface area contributed by atoms with E-state index >= 15 is 0 Å². The molecule has 0 amide bonds. The Morgan fingerprint density at radius 2 is 1.78 bits per heavy atom. The van der Waals surface area contributed by atoms with E-state index in [4.69, 9.17) is 10.2 Å². The Hall–Kier alpha value is -0.900. The van der Waals surface area contributed by atoms with E-state index in [-0.39, 0.29) is 25.3 Å². The summed E-state index contributed by atoms with van der Waals surface area (Å²) in [5.41, 5.74) is 4.19. The topological polar surface area (TPSA) is 52.5 Å². The molecular formula is C15H23NO2. The van der Waals surface area contributed by atoms with Crippen LogP contribution in [0.25, 0.3) is 0 Å². The van der Waals surface area contributed by atoms with Gasteiger partial charge < -0.3 is 15.5 Å². The molecule has 0 fully saturated rings. The van der Waals surface area contributed by atoms with Crippen LogP contribution >= 0.6 is 0 Å². The average Bonchev–Trinajstić information content (AvgIpc) is 2.44. The molecule has 1 aliphatic carbocycles. The fourth-order valence-corrected chi connectivity index (χ4v) is 2.64. The third-order valence-electron chi connectivity index (χ3n) is 3.80. The van der Waals surface area contributed by atoms with E-state index < -0.39 is 0 Å². The van der Waals surface area contributed by atoms with Crippen molar-refractivity contribution >= 4 is 0 Å². The summed E-state index contributed by atoms with van der Waals surface area (Å²) in [5.74, 6) is 0. The number of aliphatic hydroxyl groups excluding tert-OH is 2. The summed E-state index contributed by atoms with van der Waals surface area (Å²) >= 11 is 0. The number of aliphatic hydroxyl groups is 2.